The van der Waals surface area contributed by atoms with Crippen LogP contribution >= 0.6 is 13.5 Å². The normalized spacial score (nSPS) is 8.67. The molecular weight excluding hydrogens is 172 g/mol. The summed E-state index contributed by atoms with van der Waals surface area (Å²) in [6.07, 6.45) is 0.834. The maximum absolute atomic E-state index is 10.2. The second-order valence-corrected chi connectivity index (χ2v) is 2.38. The molecule has 0 aliphatic carbocycles. The molecule has 0 fully saturated rings. The van der Waals surface area contributed by atoms with Gasteiger partial charge in [0, 0.05) is 6.42 Å². The van der Waals surface area contributed by atoms with Crippen molar-refractivity contribution in [1.29, 1.82) is 0 Å². The molecule has 0 saturated heterocycles. The summed E-state index contributed by atoms with van der Waals surface area (Å²) in [6.45, 7) is 0. The van der Waals surface area contributed by atoms with Crippen molar-refractivity contribution >= 4 is 19.5 Å². The Kier molecular flexibility index (Phi) is 5.21. The molecule has 0 aromatic heterocycles. The van der Waals surface area contributed by atoms with Gasteiger partial charge in [0.1, 0.15) is 0 Å². The summed E-state index contributed by atoms with van der Waals surface area (Å²) in [6, 6.07) is 9.62. The van der Waals surface area contributed by atoms with Crippen molar-refractivity contribution in [2.45, 2.75) is 12.8 Å². The quantitative estimate of drug-likeness (QED) is 0.778. The number of hydrogen-bond donors (Lipinski definition) is 1. The first-order chi connectivity index (χ1) is 5.29. The number of aliphatic carboxylic acids is 1. The standard InChI is InChI=1S/C9H10O2.H2S/c10-9(11)7-6-8-4-2-1-3-5-8;/h1-5H,6-7H2,(H,10,11);1H2. The van der Waals surface area contributed by atoms with Gasteiger partial charge in [0.25, 0.3) is 0 Å². The highest BCUT2D eigenvalue weighted by Crippen LogP contribution is 2.01. The van der Waals surface area contributed by atoms with E-state index in [4.69, 9.17) is 5.11 Å². The third-order valence-electron chi connectivity index (χ3n) is 1.47. The number of carbonyl (C=O) groups is 1. The number of hydrogen-bond acceptors (Lipinski definition) is 1. The fourth-order valence-corrected chi connectivity index (χ4v) is 0.896. The highest BCUT2D eigenvalue weighted by Gasteiger charge is 1.96. The van der Waals surface area contributed by atoms with Crippen LogP contribution in [0.1, 0.15) is 12.0 Å². The first kappa shape index (κ1) is 11.0. The molecule has 1 aromatic carbocycles. The van der Waals surface area contributed by atoms with Crippen LogP contribution in [0, 0.1) is 0 Å². The number of carboxylic acid groups (broad SMARTS) is 1. The highest BCUT2D eigenvalue weighted by molar-refractivity contribution is 7.59. The number of benzene rings is 1. The molecule has 0 heterocycles. The molecule has 3 heteroatoms. The van der Waals surface area contributed by atoms with Crippen molar-refractivity contribution in [1.82, 2.24) is 0 Å². The molecule has 0 bridgehead atoms. The van der Waals surface area contributed by atoms with E-state index in [0.29, 0.717) is 6.42 Å². The first-order valence-corrected chi connectivity index (χ1v) is 3.55. The molecule has 0 aliphatic rings. The number of carboxylic acids is 1. The van der Waals surface area contributed by atoms with E-state index >= 15 is 0 Å². The molecule has 66 valence electrons. The van der Waals surface area contributed by atoms with Gasteiger partial charge in [-0.25, -0.2) is 0 Å². The van der Waals surface area contributed by atoms with E-state index < -0.39 is 5.97 Å². The second-order valence-electron chi connectivity index (χ2n) is 2.38. The molecule has 1 rings (SSSR count). The van der Waals surface area contributed by atoms with Crippen molar-refractivity contribution in [2.75, 3.05) is 0 Å². The van der Waals surface area contributed by atoms with Crippen LogP contribution in [0.4, 0.5) is 0 Å². The first-order valence-electron chi connectivity index (χ1n) is 3.55. The third-order valence-corrected chi connectivity index (χ3v) is 1.47. The van der Waals surface area contributed by atoms with E-state index in [1.165, 1.54) is 0 Å². The van der Waals surface area contributed by atoms with Gasteiger partial charge >= 0.3 is 5.97 Å². The van der Waals surface area contributed by atoms with E-state index in [1.807, 2.05) is 30.3 Å². The Balaban J connectivity index is 0.00000121. The van der Waals surface area contributed by atoms with Gasteiger partial charge < -0.3 is 5.11 Å². The van der Waals surface area contributed by atoms with Crippen LogP contribution in [0.3, 0.4) is 0 Å². The summed E-state index contributed by atoms with van der Waals surface area (Å²) in [5.41, 5.74) is 1.08. The van der Waals surface area contributed by atoms with Crippen LogP contribution in [-0.4, -0.2) is 11.1 Å². The van der Waals surface area contributed by atoms with Gasteiger partial charge in [0.2, 0.25) is 0 Å². The SMILES string of the molecule is O=C(O)CCc1ccccc1.S. The van der Waals surface area contributed by atoms with Gasteiger partial charge in [-0.2, -0.15) is 13.5 Å². The zero-order valence-electron chi connectivity index (χ0n) is 6.66. The summed E-state index contributed by atoms with van der Waals surface area (Å²) in [5.74, 6) is -0.742. The summed E-state index contributed by atoms with van der Waals surface area (Å²) >= 11 is 0. The highest BCUT2D eigenvalue weighted by atomic mass is 32.1. The van der Waals surface area contributed by atoms with E-state index in [0.717, 1.165) is 5.56 Å². The molecule has 0 radical (unpaired) electrons. The molecule has 2 nitrogen and oxygen atoms in total. The molecule has 0 amide bonds. The molecule has 0 saturated carbocycles. The Hall–Kier alpha value is -0.960. The zero-order chi connectivity index (χ0) is 8.10. The monoisotopic (exact) mass is 184 g/mol. The van der Waals surface area contributed by atoms with E-state index in [-0.39, 0.29) is 19.9 Å². The Morgan fingerprint density at radius 2 is 1.83 bits per heavy atom. The molecule has 0 aliphatic heterocycles. The summed E-state index contributed by atoms with van der Waals surface area (Å²) in [5, 5.41) is 8.37. The summed E-state index contributed by atoms with van der Waals surface area (Å²) in [7, 11) is 0. The van der Waals surface area contributed by atoms with Crippen LogP contribution in [-0.2, 0) is 11.2 Å². The molecular formula is C9H12O2S. The van der Waals surface area contributed by atoms with Gasteiger partial charge in [-0.15, -0.1) is 0 Å². The van der Waals surface area contributed by atoms with Gasteiger partial charge in [-0.3, -0.25) is 4.79 Å². The van der Waals surface area contributed by atoms with Gasteiger partial charge in [-0.05, 0) is 12.0 Å². The predicted octanol–water partition coefficient (Wildman–Crippen LogP) is 1.82. The van der Waals surface area contributed by atoms with Crippen molar-refractivity contribution in [2.24, 2.45) is 0 Å². The van der Waals surface area contributed by atoms with Gasteiger partial charge in [-0.1, -0.05) is 30.3 Å². The van der Waals surface area contributed by atoms with Crippen LogP contribution < -0.4 is 0 Å². The third kappa shape index (κ3) is 4.03. The van der Waals surface area contributed by atoms with Crippen molar-refractivity contribution in [3.8, 4) is 0 Å². The minimum absolute atomic E-state index is 0. The minimum atomic E-state index is -0.742. The zero-order valence-corrected chi connectivity index (χ0v) is 7.66. The minimum Gasteiger partial charge on any atom is -0.481 e. The molecule has 1 N–H and O–H groups in total. The van der Waals surface area contributed by atoms with Crippen LogP contribution in [0.5, 0.6) is 0 Å². The molecule has 1 aromatic rings. The van der Waals surface area contributed by atoms with Crippen molar-refractivity contribution in [3.63, 3.8) is 0 Å². The van der Waals surface area contributed by atoms with Crippen molar-refractivity contribution in [3.05, 3.63) is 35.9 Å². The van der Waals surface area contributed by atoms with E-state index in [2.05, 4.69) is 0 Å². The largest absolute Gasteiger partial charge is 0.481 e. The summed E-state index contributed by atoms with van der Waals surface area (Å²) < 4.78 is 0. The maximum atomic E-state index is 10.2. The number of rotatable bonds is 3. The Labute approximate surface area is 78.7 Å². The maximum Gasteiger partial charge on any atom is 0.303 e. The van der Waals surface area contributed by atoms with Gasteiger partial charge in [0.15, 0.2) is 0 Å². The van der Waals surface area contributed by atoms with Crippen LogP contribution in [0.15, 0.2) is 30.3 Å². The van der Waals surface area contributed by atoms with Crippen LogP contribution in [0.25, 0.3) is 0 Å². The summed E-state index contributed by atoms with van der Waals surface area (Å²) in [4.78, 5) is 10.2. The molecule has 0 spiro atoms. The van der Waals surface area contributed by atoms with Gasteiger partial charge in [0.05, 0.1) is 0 Å². The Bertz CT molecular complexity index is 234. The fourth-order valence-electron chi connectivity index (χ4n) is 0.896. The van der Waals surface area contributed by atoms with Crippen LogP contribution in [0.2, 0.25) is 0 Å². The lowest BCUT2D eigenvalue weighted by atomic mass is 10.1. The average molecular weight is 184 g/mol. The molecule has 0 unspecified atom stereocenters. The van der Waals surface area contributed by atoms with E-state index in [9.17, 15) is 4.79 Å². The topological polar surface area (TPSA) is 37.3 Å². The lowest BCUT2D eigenvalue weighted by molar-refractivity contribution is -0.136. The number of aryl methyl sites for hydroxylation is 1. The average Bonchev–Trinajstić information content (AvgIpc) is 2.03. The lowest BCUT2D eigenvalue weighted by Gasteiger charge is -1.95. The predicted molar refractivity (Wildman–Crippen MR) is 52.8 cm³/mol. The molecule has 0 atom stereocenters. The fraction of sp³-hybridized carbons (Fsp3) is 0.222. The van der Waals surface area contributed by atoms with E-state index in [1.54, 1.807) is 0 Å². The molecule has 12 heavy (non-hydrogen) atoms. The lowest BCUT2D eigenvalue weighted by Crippen LogP contribution is -1.96. The van der Waals surface area contributed by atoms with Crippen molar-refractivity contribution < 1.29 is 9.90 Å². The second kappa shape index (κ2) is 5.66. The Morgan fingerprint density at radius 1 is 1.25 bits per heavy atom. The smallest absolute Gasteiger partial charge is 0.303 e. The Morgan fingerprint density at radius 3 is 2.33 bits per heavy atom.